The first-order valence-corrected chi connectivity index (χ1v) is 11.0. The maximum atomic E-state index is 14.2. The van der Waals surface area contributed by atoms with Crippen molar-refractivity contribution in [2.45, 2.75) is 25.7 Å². The normalized spacial score (nSPS) is 11.2. The van der Waals surface area contributed by atoms with E-state index in [0.717, 1.165) is 52.9 Å². The Kier molecular flexibility index (Phi) is 5.75. The number of benzene rings is 3. The Balaban J connectivity index is 1.46. The number of aryl methyl sites for hydroxylation is 4. The van der Waals surface area contributed by atoms with Gasteiger partial charge in [0.25, 0.3) is 0 Å². The van der Waals surface area contributed by atoms with Crippen LogP contribution in [0.4, 0.5) is 4.39 Å². The molecular formula is C28H24FN3. The molecule has 158 valence electrons. The minimum atomic E-state index is -0.151. The highest BCUT2D eigenvalue weighted by Gasteiger charge is 2.13. The van der Waals surface area contributed by atoms with Gasteiger partial charge in [-0.05, 0) is 72.2 Å². The summed E-state index contributed by atoms with van der Waals surface area (Å²) in [5, 5.41) is 0. The van der Waals surface area contributed by atoms with Crippen LogP contribution in [0.15, 0.2) is 91.1 Å². The number of imidazole rings is 1. The summed E-state index contributed by atoms with van der Waals surface area (Å²) in [6, 6.07) is 27.9. The summed E-state index contributed by atoms with van der Waals surface area (Å²) in [5.74, 6) is 0.658. The van der Waals surface area contributed by atoms with Gasteiger partial charge in [-0.15, -0.1) is 0 Å². The molecule has 5 rings (SSSR count). The summed E-state index contributed by atoms with van der Waals surface area (Å²) in [6.07, 6.45) is 5.07. The Morgan fingerprint density at radius 1 is 0.688 bits per heavy atom. The fourth-order valence-corrected chi connectivity index (χ4v) is 4.09. The molecule has 4 heteroatoms. The average molecular weight is 422 g/mol. The molecule has 0 unspecified atom stereocenters. The molecule has 32 heavy (non-hydrogen) atoms. The number of nitrogens with zero attached hydrogens (tertiary/aromatic N) is 2. The molecule has 3 nitrogen and oxygen atoms in total. The first kappa shape index (κ1) is 20.1. The van der Waals surface area contributed by atoms with E-state index in [1.54, 1.807) is 12.3 Å². The van der Waals surface area contributed by atoms with Crippen LogP contribution in [0, 0.1) is 5.82 Å². The van der Waals surface area contributed by atoms with Gasteiger partial charge in [-0.25, -0.2) is 14.4 Å². The lowest BCUT2D eigenvalue weighted by molar-refractivity contribution is 0.608. The second-order valence-corrected chi connectivity index (χ2v) is 8.03. The van der Waals surface area contributed by atoms with E-state index < -0.39 is 0 Å². The van der Waals surface area contributed by atoms with Crippen molar-refractivity contribution in [1.29, 1.82) is 0 Å². The van der Waals surface area contributed by atoms with Gasteiger partial charge in [0.15, 0.2) is 5.65 Å². The third-order valence-electron chi connectivity index (χ3n) is 5.85. The number of nitrogens with one attached hydrogen (secondary N) is 1. The standard InChI is InChI=1S/C28H24FN3/c29-25-10-5-4-9-23(25)17-16-22-15-14-21(13-12-20-7-2-1-3-8-20)19-24(22)27-31-26-11-6-18-30-28(26)32-27/h1-11,14-15,18-19H,12-13,16-17H2,(H,30,31,32). The fraction of sp³-hybridized carbons (Fsp3) is 0.143. The van der Waals surface area contributed by atoms with E-state index in [-0.39, 0.29) is 5.82 Å². The predicted molar refractivity (Wildman–Crippen MR) is 127 cm³/mol. The van der Waals surface area contributed by atoms with Crippen LogP contribution in [0.25, 0.3) is 22.6 Å². The van der Waals surface area contributed by atoms with Crippen molar-refractivity contribution in [2.75, 3.05) is 0 Å². The Morgan fingerprint density at radius 2 is 1.47 bits per heavy atom. The second kappa shape index (κ2) is 9.15. The van der Waals surface area contributed by atoms with Crippen LogP contribution in [0.5, 0.6) is 0 Å². The molecule has 0 aliphatic heterocycles. The van der Waals surface area contributed by atoms with E-state index in [0.29, 0.717) is 6.42 Å². The van der Waals surface area contributed by atoms with Gasteiger partial charge in [0, 0.05) is 11.8 Å². The minimum absolute atomic E-state index is 0.151. The van der Waals surface area contributed by atoms with Crippen molar-refractivity contribution < 1.29 is 4.39 Å². The molecule has 0 amide bonds. The van der Waals surface area contributed by atoms with Crippen LogP contribution in [0.2, 0.25) is 0 Å². The number of hydrogen-bond donors (Lipinski definition) is 1. The summed E-state index contributed by atoms with van der Waals surface area (Å²) in [6.45, 7) is 0. The van der Waals surface area contributed by atoms with E-state index in [1.165, 1.54) is 17.2 Å². The average Bonchev–Trinajstić information content (AvgIpc) is 3.27. The van der Waals surface area contributed by atoms with E-state index in [1.807, 2.05) is 30.3 Å². The highest BCUT2D eigenvalue weighted by atomic mass is 19.1. The van der Waals surface area contributed by atoms with Crippen LogP contribution in [0.1, 0.15) is 22.3 Å². The van der Waals surface area contributed by atoms with Gasteiger partial charge in [0.1, 0.15) is 17.2 Å². The number of halogens is 1. The molecule has 3 aromatic carbocycles. The molecule has 0 saturated carbocycles. The Bertz CT molecular complexity index is 1310. The summed E-state index contributed by atoms with van der Waals surface area (Å²) < 4.78 is 14.2. The van der Waals surface area contributed by atoms with Gasteiger partial charge in [-0.2, -0.15) is 0 Å². The zero-order valence-corrected chi connectivity index (χ0v) is 17.8. The van der Waals surface area contributed by atoms with E-state index in [9.17, 15) is 4.39 Å². The molecular weight excluding hydrogens is 397 g/mol. The lowest BCUT2D eigenvalue weighted by atomic mass is 9.95. The number of rotatable bonds is 7. The third kappa shape index (κ3) is 4.45. The largest absolute Gasteiger partial charge is 0.323 e. The van der Waals surface area contributed by atoms with Gasteiger partial charge in [-0.1, -0.05) is 60.7 Å². The summed E-state index contributed by atoms with van der Waals surface area (Å²) in [5.41, 5.74) is 7.14. The predicted octanol–water partition coefficient (Wildman–Crippen LogP) is 6.33. The molecule has 0 aliphatic carbocycles. The number of aromatic nitrogens is 3. The number of H-pyrrole nitrogens is 1. The molecule has 0 radical (unpaired) electrons. The molecule has 1 N–H and O–H groups in total. The fourth-order valence-electron chi connectivity index (χ4n) is 4.09. The minimum Gasteiger partial charge on any atom is -0.323 e. The highest BCUT2D eigenvalue weighted by molar-refractivity contribution is 5.76. The number of pyridine rings is 1. The zero-order valence-electron chi connectivity index (χ0n) is 17.8. The lowest BCUT2D eigenvalue weighted by Crippen LogP contribution is -2.00. The molecule has 5 aromatic rings. The highest BCUT2D eigenvalue weighted by Crippen LogP contribution is 2.27. The monoisotopic (exact) mass is 421 g/mol. The number of fused-ring (bicyclic) bond motifs is 1. The Hall–Kier alpha value is -3.79. The van der Waals surface area contributed by atoms with Crippen molar-refractivity contribution in [2.24, 2.45) is 0 Å². The molecule has 0 bridgehead atoms. The second-order valence-electron chi connectivity index (χ2n) is 8.03. The number of aromatic amines is 1. The van der Waals surface area contributed by atoms with Gasteiger partial charge >= 0.3 is 0 Å². The molecule has 0 aliphatic rings. The molecule has 2 aromatic heterocycles. The van der Waals surface area contributed by atoms with Crippen LogP contribution in [-0.4, -0.2) is 15.0 Å². The van der Waals surface area contributed by atoms with Crippen molar-refractivity contribution in [3.63, 3.8) is 0 Å². The molecule has 0 spiro atoms. The molecule has 0 fully saturated rings. The van der Waals surface area contributed by atoms with Gasteiger partial charge in [0.05, 0.1) is 0 Å². The van der Waals surface area contributed by atoms with Crippen LogP contribution < -0.4 is 0 Å². The van der Waals surface area contributed by atoms with Crippen molar-refractivity contribution in [3.05, 3.63) is 119 Å². The van der Waals surface area contributed by atoms with Gasteiger partial charge in [-0.3, -0.25) is 0 Å². The third-order valence-corrected chi connectivity index (χ3v) is 5.85. The Morgan fingerprint density at radius 3 is 2.31 bits per heavy atom. The summed E-state index contributed by atoms with van der Waals surface area (Å²) in [4.78, 5) is 12.5. The van der Waals surface area contributed by atoms with Gasteiger partial charge in [0.2, 0.25) is 0 Å². The van der Waals surface area contributed by atoms with E-state index >= 15 is 0 Å². The first-order valence-electron chi connectivity index (χ1n) is 11.0. The summed E-state index contributed by atoms with van der Waals surface area (Å²) in [7, 11) is 0. The molecule has 2 heterocycles. The molecule has 0 saturated heterocycles. The van der Waals surface area contributed by atoms with Crippen molar-refractivity contribution in [1.82, 2.24) is 15.0 Å². The summed E-state index contributed by atoms with van der Waals surface area (Å²) >= 11 is 0. The number of hydrogen-bond acceptors (Lipinski definition) is 2. The smallest absolute Gasteiger partial charge is 0.157 e. The van der Waals surface area contributed by atoms with E-state index in [2.05, 4.69) is 52.4 Å². The maximum Gasteiger partial charge on any atom is 0.157 e. The maximum absolute atomic E-state index is 14.2. The quantitative estimate of drug-likeness (QED) is 0.333. The lowest BCUT2D eigenvalue weighted by Gasteiger charge is -2.11. The first-order chi connectivity index (χ1) is 15.8. The van der Waals surface area contributed by atoms with Crippen LogP contribution in [0.3, 0.4) is 0 Å². The SMILES string of the molecule is Fc1ccccc1CCc1ccc(CCc2ccccc2)cc1-c1nc2cccnc2[nH]1. The molecule has 0 atom stereocenters. The van der Waals surface area contributed by atoms with Gasteiger partial charge < -0.3 is 4.98 Å². The van der Waals surface area contributed by atoms with Crippen LogP contribution >= 0.6 is 0 Å². The van der Waals surface area contributed by atoms with E-state index in [4.69, 9.17) is 4.98 Å². The topological polar surface area (TPSA) is 41.6 Å². The van der Waals surface area contributed by atoms with Crippen LogP contribution in [-0.2, 0) is 25.7 Å². The Labute approximate surface area is 187 Å². The van der Waals surface area contributed by atoms with Crippen molar-refractivity contribution >= 4 is 11.2 Å². The zero-order chi connectivity index (χ0) is 21.8. The van der Waals surface area contributed by atoms with Crippen molar-refractivity contribution in [3.8, 4) is 11.4 Å².